The van der Waals surface area contributed by atoms with Crippen molar-refractivity contribution in [2.75, 3.05) is 13.1 Å². The molecule has 1 saturated heterocycles. The third-order valence-electron chi connectivity index (χ3n) is 2.95. The van der Waals surface area contributed by atoms with Gasteiger partial charge in [-0.15, -0.1) is 35.3 Å². The van der Waals surface area contributed by atoms with Gasteiger partial charge in [-0.2, -0.15) is 0 Å². The Bertz CT molecular complexity index is 386. The molecule has 1 aromatic rings. The van der Waals surface area contributed by atoms with Crippen LogP contribution in [0.25, 0.3) is 0 Å². The minimum absolute atomic E-state index is 0. The monoisotopic (exact) mass is 443 g/mol. The summed E-state index contributed by atoms with van der Waals surface area (Å²) in [5, 5.41) is 2.08. The van der Waals surface area contributed by atoms with Crippen LogP contribution < -0.4 is 5.73 Å². The van der Waals surface area contributed by atoms with E-state index in [1.54, 1.807) is 11.3 Å². The van der Waals surface area contributed by atoms with Crippen molar-refractivity contribution in [3.8, 4) is 0 Å². The lowest BCUT2D eigenvalue weighted by Crippen LogP contribution is -2.38. The van der Waals surface area contributed by atoms with Gasteiger partial charge in [0.25, 0.3) is 0 Å². The van der Waals surface area contributed by atoms with Gasteiger partial charge in [-0.05, 0) is 34.8 Å². The summed E-state index contributed by atoms with van der Waals surface area (Å²) in [7, 11) is 0. The van der Waals surface area contributed by atoms with E-state index in [1.165, 1.54) is 30.6 Å². The molecule has 0 atom stereocenters. The number of rotatable bonds is 2. The molecular weight excluding hydrogens is 425 g/mol. The zero-order chi connectivity index (χ0) is 12.1. The van der Waals surface area contributed by atoms with Crippen molar-refractivity contribution in [1.82, 2.24) is 4.90 Å². The molecule has 2 heterocycles. The summed E-state index contributed by atoms with van der Waals surface area (Å²) < 4.78 is 1.13. The fourth-order valence-corrected chi connectivity index (χ4v) is 3.37. The fourth-order valence-electron chi connectivity index (χ4n) is 2.00. The average molecular weight is 444 g/mol. The number of nitrogens with two attached hydrogens (primary N) is 1. The number of guanidine groups is 1. The highest BCUT2D eigenvalue weighted by molar-refractivity contribution is 14.0. The summed E-state index contributed by atoms with van der Waals surface area (Å²) in [5.41, 5.74) is 6.04. The van der Waals surface area contributed by atoms with Crippen molar-refractivity contribution in [3.05, 3.63) is 20.8 Å². The van der Waals surface area contributed by atoms with Gasteiger partial charge in [0.2, 0.25) is 0 Å². The average Bonchev–Trinajstić information content (AvgIpc) is 2.58. The third-order valence-corrected chi connectivity index (χ3v) is 4.63. The number of likely N-dealkylation sites (tertiary alicyclic amines) is 1. The molecular formula is C12H19BrIN3S. The van der Waals surface area contributed by atoms with Crippen molar-refractivity contribution >= 4 is 57.2 Å². The van der Waals surface area contributed by atoms with E-state index in [2.05, 4.69) is 37.3 Å². The van der Waals surface area contributed by atoms with Gasteiger partial charge in [-0.3, -0.25) is 0 Å². The highest BCUT2D eigenvalue weighted by atomic mass is 127. The largest absolute Gasteiger partial charge is 0.370 e. The highest BCUT2D eigenvalue weighted by Crippen LogP contribution is 2.20. The Kier molecular flexibility index (Phi) is 7.55. The lowest BCUT2D eigenvalue weighted by molar-refractivity contribution is 0.428. The van der Waals surface area contributed by atoms with Gasteiger partial charge < -0.3 is 10.6 Å². The standard InChI is InChI=1S/C12H18BrN3S.HI/c13-10-7-11(17-9-10)8-15-12(14)16-5-3-1-2-4-6-16;/h7,9H,1-6,8H2,(H2,14,15);1H. The summed E-state index contributed by atoms with van der Waals surface area (Å²) in [5.74, 6) is 0.705. The smallest absolute Gasteiger partial charge is 0.191 e. The van der Waals surface area contributed by atoms with Gasteiger partial charge in [0.1, 0.15) is 0 Å². The molecule has 2 N–H and O–H groups in total. The van der Waals surface area contributed by atoms with Crippen molar-refractivity contribution in [3.63, 3.8) is 0 Å². The van der Waals surface area contributed by atoms with E-state index in [0.29, 0.717) is 12.5 Å². The molecule has 1 aromatic heterocycles. The Balaban J connectivity index is 0.00000162. The fraction of sp³-hybridized carbons (Fsp3) is 0.583. The molecule has 3 nitrogen and oxygen atoms in total. The maximum atomic E-state index is 6.04. The Morgan fingerprint density at radius 3 is 2.56 bits per heavy atom. The zero-order valence-electron chi connectivity index (χ0n) is 10.3. The van der Waals surface area contributed by atoms with E-state index >= 15 is 0 Å². The second-order valence-corrected chi connectivity index (χ2v) is 6.22. The Hall–Kier alpha value is 0.180. The first kappa shape index (κ1) is 16.2. The summed E-state index contributed by atoms with van der Waals surface area (Å²) in [6.07, 6.45) is 5.12. The Morgan fingerprint density at radius 1 is 1.33 bits per heavy atom. The van der Waals surface area contributed by atoms with E-state index in [9.17, 15) is 0 Å². The van der Waals surface area contributed by atoms with Crippen LogP contribution in [0.2, 0.25) is 0 Å². The zero-order valence-corrected chi connectivity index (χ0v) is 15.0. The molecule has 0 aromatic carbocycles. The minimum Gasteiger partial charge on any atom is -0.370 e. The van der Waals surface area contributed by atoms with E-state index in [1.807, 2.05) is 0 Å². The first-order chi connectivity index (χ1) is 8.25. The topological polar surface area (TPSA) is 41.6 Å². The van der Waals surface area contributed by atoms with Crippen LogP contribution in [0.5, 0.6) is 0 Å². The minimum atomic E-state index is 0. The van der Waals surface area contributed by atoms with Crippen LogP contribution in [-0.4, -0.2) is 23.9 Å². The first-order valence-corrected chi connectivity index (χ1v) is 7.71. The molecule has 102 valence electrons. The summed E-state index contributed by atoms with van der Waals surface area (Å²) in [6, 6.07) is 2.10. The van der Waals surface area contributed by atoms with E-state index < -0.39 is 0 Å². The number of hydrogen-bond donors (Lipinski definition) is 1. The van der Waals surface area contributed by atoms with Crippen LogP contribution >= 0.6 is 51.2 Å². The molecule has 0 amide bonds. The predicted molar refractivity (Wildman–Crippen MR) is 92.8 cm³/mol. The lowest BCUT2D eigenvalue weighted by Gasteiger charge is -2.20. The molecule has 0 bridgehead atoms. The van der Waals surface area contributed by atoms with Gasteiger partial charge in [-0.1, -0.05) is 12.8 Å². The number of halogens is 2. The van der Waals surface area contributed by atoms with Crippen LogP contribution in [-0.2, 0) is 6.54 Å². The molecule has 2 rings (SSSR count). The molecule has 0 unspecified atom stereocenters. The van der Waals surface area contributed by atoms with Gasteiger partial charge >= 0.3 is 0 Å². The second-order valence-electron chi connectivity index (χ2n) is 4.31. The third kappa shape index (κ3) is 5.05. The number of aliphatic imine (C=N–C) groups is 1. The summed E-state index contributed by atoms with van der Waals surface area (Å²) in [6.45, 7) is 2.81. The maximum absolute atomic E-state index is 6.04. The summed E-state index contributed by atoms with van der Waals surface area (Å²) >= 11 is 5.16. The molecule has 6 heteroatoms. The van der Waals surface area contributed by atoms with Crippen LogP contribution in [0.15, 0.2) is 20.9 Å². The second kappa shape index (κ2) is 8.37. The van der Waals surface area contributed by atoms with E-state index in [0.717, 1.165) is 17.6 Å². The molecule has 1 aliphatic rings. The SMILES string of the molecule is I.NC(=NCc1cc(Br)cs1)N1CCCCCC1. The van der Waals surface area contributed by atoms with Crippen LogP contribution in [0, 0.1) is 0 Å². The van der Waals surface area contributed by atoms with Gasteiger partial charge in [0.15, 0.2) is 5.96 Å². The highest BCUT2D eigenvalue weighted by Gasteiger charge is 2.10. The van der Waals surface area contributed by atoms with E-state index in [4.69, 9.17) is 5.73 Å². The quantitative estimate of drug-likeness (QED) is 0.428. The molecule has 18 heavy (non-hydrogen) atoms. The van der Waals surface area contributed by atoms with Crippen molar-refractivity contribution in [1.29, 1.82) is 0 Å². The number of hydrogen-bond acceptors (Lipinski definition) is 2. The Labute approximate surface area is 138 Å². The van der Waals surface area contributed by atoms with Crippen molar-refractivity contribution in [2.24, 2.45) is 10.7 Å². The molecule has 0 spiro atoms. The van der Waals surface area contributed by atoms with E-state index in [-0.39, 0.29) is 24.0 Å². The van der Waals surface area contributed by atoms with Crippen LogP contribution in [0.4, 0.5) is 0 Å². The van der Waals surface area contributed by atoms with Gasteiger partial charge in [0, 0.05) is 27.8 Å². The molecule has 0 saturated carbocycles. The van der Waals surface area contributed by atoms with Gasteiger partial charge in [-0.25, -0.2) is 4.99 Å². The van der Waals surface area contributed by atoms with Gasteiger partial charge in [0.05, 0.1) is 6.54 Å². The van der Waals surface area contributed by atoms with Crippen molar-refractivity contribution in [2.45, 2.75) is 32.2 Å². The summed E-state index contributed by atoms with van der Waals surface area (Å²) in [4.78, 5) is 7.95. The predicted octanol–water partition coefficient (Wildman–Crippen LogP) is 3.82. The first-order valence-electron chi connectivity index (χ1n) is 6.03. The normalized spacial score (nSPS) is 17.2. The van der Waals surface area contributed by atoms with Crippen molar-refractivity contribution < 1.29 is 0 Å². The molecule has 0 aliphatic carbocycles. The van der Waals surface area contributed by atoms with Crippen LogP contribution in [0.3, 0.4) is 0 Å². The molecule has 1 fully saturated rings. The number of thiophene rings is 1. The number of nitrogens with zero attached hydrogens (tertiary/aromatic N) is 2. The Morgan fingerprint density at radius 2 is 2.00 bits per heavy atom. The van der Waals surface area contributed by atoms with Crippen LogP contribution in [0.1, 0.15) is 30.6 Å². The molecule has 0 radical (unpaired) electrons. The lowest BCUT2D eigenvalue weighted by atomic mass is 10.2. The maximum Gasteiger partial charge on any atom is 0.191 e. The molecule has 1 aliphatic heterocycles.